The standard InChI is InChI=1S/C25H32N2O3S/c1-29-23-17-21(11-12-22(23)30-18-20-9-4-2-5-10-20)25-27(24(28)19-31-25)16-8-15-26-13-6-3-7-14-26/h2,4-5,9-12,17,25H,3,6-8,13-16,18-19H2,1H3. The summed E-state index contributed by atoms with van der Waals surface area (Å²) in [5.41, 5.74) is 2.21. The Kier molecular flexibility index (Phi) is 7.76. The van der Waals surface area contributed by atoms with Crippen LogP contribution in [0.25, 0.3) is 0 Å². The van der Waals surface area contributed by atoms with E-state index < -0.39 is 0 Å². The molecule has 4 rings (SSSR count). The highest BCUT2D eigenvalue weighted by atomic mass is 32.2. The van der Waals surface area contributed by atoms with Crippen molar-refractivity contribution in [2.45, 2.75) is 37.7 Å². The number of carbonyl (C=O) groups excluding carboxylic acids is 1. The zero-order valence-corrected chi connectivity index (χ0v) is 19.1. The van der Waals surface area contributed by atoms with Crippen LogP contribution in [0.1, 0.15) is 42.2 Å². The molecule has 2 aliphatic heterocycles. The number of nitrogens with zero attached hydrogens (tertiary/aromatic N) is 2. The number of ether oxygens (including phenoxy) is 2. The number of thioether (sulfide) groups is 1. The molecule has 0 radical (unpaired) electrons. The van der Waals surface area contributed by atoms with Gasteiger partial charge in [0.25, 0.3) is 0 Å². The van der Waals surface area contributed by atoms with Gasteiger partial charge in [0.05, 0.1) is 12.9 Å². The summed E-state index contributed by atoms with van der Waals surface area (Å²) in [7, 11) is 1.66. The highest BCUT2D eigenvalue weighted by Crippen LogP contribution is 2.41. The van der Waals surface area contributed by atoms with E-state index in [-0.39, 0.29) is 11.3 Å². The van der Waals surface area contributed by atoms with Crippen molar-refractivity contribution in [3.8, 4) is 11.5 Å². The summed E-state index contributed by atoms with van der Waals surface area (Å²) in [5, 5.41) is 0.0472. The molecule has 0 bridgehead atoms. The lowest BCUT2D eigenvalue weighted by Crippen LogP contribution is -2.34. The highest BCUT2D eigenvalue weighted by Gasteiger charge is 2.33. The minimum absolute atomic E-state index is 0.0472. The number of benzene rings is 2. The van der Waals surface area contributed by atoms with Gasteiger partial charge in [0, 0.05) is 6.54 Å². The summed E-state index contributed by atoms with van der Waals surface area (Å²) >= 11 is 1.70. The minimum Gasteiger partial charge on any atom is -0.493 e. The minimum atomic E-state index is 0.0472. The fourth-order valence-corrected chi connectivity index (χ4v) is 5.52. The van der Waals surface area contributed by atoms with Crippen molar-refractivity contribution in [2.75, 3.05) is 39.0 Å². The van der Waals surface area contributed by atoms with Crippen molar-refractivity contribution in [2.24, 2.45) is 0 Å². The zero-order chi connectivity index (χ0) is 21.5. The Morgan fingerprint density at radius 1 is 1.00 bits per heavy atom. The van der Waals surface area contributed by atoms with Crippen LogP contribution in [0.4, 0.5) is 0 Å². The molecule has 2 saturated heterocycles. The maximum absolute atomic E-state index is 12.6. The van der Waals surface area contributed by atoms with E-state index in [0.717, 1.165) is 36.4 Å². The van der Waals surface area contributed by atoms with Crippen LogP contribution < -0.4 is 9.47 Å². The van der Waals surface area contributed by atoms with Crippen LogP contribution in [0.2, 0.25) is 0 Å². The van der Waals surface area contributed by atoms with Crippen LogP contribution >= 0.6 is 11.8 Å². The van der Waals surface area contributed by atoms with Gasteiger partial charge in [-0.3, -0.25) is 4.79 Å². The second-order valence-corrected chi connectivity index (χ2v) is 9.26. The number of hydrogen-bond donors (Lipinski definition) is 0. The van der Waals surface area contributed by atoms with Gasteiger partial charge in [0.2, 0.25) is 5.91 Å². The molecule has 6 heteroatoms. The van der Waals surface area contributed by atoms with Gasteiger partial charge in [-0.25, -0.2) is 0 Å². The molecule has 2 aromatic rings. The normalized spacial score (nSPS) is 19.6. The topological polar surface area (TPSA) is 42.0 Å². The first-order chi connectivity index (χ1) is 15.2. The van der Waals surface area contributed by atoms with Gasteiger partial charge in [-0.05, 0) is 62.2 Å². The third-order valence-corrected chi connectivity index (χ3v) is 7.26. The molecular formula is C25H32N2O3S. The van der Waals surface area contributed by atoms with E-state index in [4.69, 9.17) is 9.47 Å². The average molecular weight is 441 g/mol. The molecule has 0 aromatic heterocycles. The molecule has 2 aromatic carbocycles. The van der Waals surface area contributed by atoms with Crippen LogP contribution in [0.3, 0.4) is 0 Å². The van der Waals surface area contributed by atoms with Crippen LogP contribution in [0, 0.1) is 0 Å². The fourth-order valence-electron chi connectivity index (χ4n) is 4.31. The third-order valence-electron chi connectivity index (χ3n) is 6.00. The monoisotopic (exact) mass is 440 g/mol. The molecule has 0 spiro atoms. The lowest BCUT2D eigenvalue weighted by molar-refractivity contribution is -0.128. The molecule has 1 unspecified atom stereocenters. The van der Waals surface area contributed by atoms with Crippen LogP contribution in [-0.2, 0) is 11.4 Å². The first kappa shape index (κ1) is 22.0. The number of piperidine rings is 1. The van der Waals surface area contributed by atoms with Gasteiger partial charge >= 0.3 is 0 Å². The molecule has 2 aliphatic rings. The Bertz CT molecular complexity index is 855. The van der Waals surface area contributed by atoms with Gasteiger partial charge in [-0.2, -0.15) is 0 Å². The van der Waals surface area contributed by atoms with Gasteiger partial charge in [-0.1, -0.05) is 42.8 Å². The van der Waals surface area contributed by atoms with Crippen molar-refractivity contribution >= 4 is 17.7 Å². The van der Waals surface area contributed by atoms with E-state index in [9.17, 15) is 4.79 Å². The maximum Gasteiger partial charge on any atom is 0.233 e. The Balaban J connectivity index is 1.38. The van der Waals surface area contributed by atoms with E-state index >= 15 is 0 Å². The maximum atomic E-state index is 12.6. The van der Waals surface area contributed by atoms with Gasteiger partial charge in [-0.15, -0.1) is 11.8 Å². The lowest BCUT2D eigenvalue weighted by atomic mass is 10.1. The summed E-state index contributed by atoms with van der Waals surface area (Å²) in [4.78, 5) is 17.1. The number of hydrogen-bond acceptors (Lipinski definition) is 5. The fraction of sp³-hybridized carbons (Fsp3) is 0.480. The molecule has 166 valence electrons. The summed E-state index contributed by atoms with van der Waals surface area (Å²) in [6.45, 7) is 4.79. The van der Waals surface area contributed by atoms with Gasteiger partial charge in [0.1, 0.15) is 12.0 Å². The van der Waals surface area contributed by atoms with E-state index in [1.165, 1.54) is 32.4 Å². The first-order valence-electron chi connectivity index (χ1n) is 11.2. The van der Waals surface area contributed by atoms with Crippen LogP contribution in [-0.4, -0.2) is 54.7 Å². The van der Waals surface area contributed by atoms with Crippen molar-refractivity contribution in [1.82, 2.24) is 9.80 Å². The lowest BCUT2D eigenvalue weighted by Gasteiger charge is -2.29. The Hall–Kier alpha value is -2.18. The number of amides is 1. The quantitative estimate of drug-likeness (QED) is 0.564. The molecule has 1 atom stereocenters. The number of methoxy groups -OCH3 is 1. The van der Waals surface area contributed by atoms with Crippen LogP contribution in [0.15, 0.2) is 48.5 Å². The molecule has 31 heavy (non-hydrogen) atoms. The Morgan fingerprint density at radius 2 is 1.81 bits per heavy atom. The summed E-state index contributed by atoms with van der Waals surface area (Å²) in [6, 6.07) is 16.2. The number of rotatable bonds is 9. The zero-order valence-electron chi connectivity index (χ0n) is 18.3. The number of carbonyl (C=O) groups is 1. The summed E-state index contributed by atoms with van der Waals surface area (Å²) in [5.74, 6) is 2.21. The second-order valence-electron chi connectivity index (χ2n) is 8.19. The first-order valence-corrected chi connectivity index (χ1v) is 12.3. The van der Waals surface area contributed by atoms with Crippen molar-refractivity contribution < 1.29 is 14.3 Å². The molecule has 5 nitrogen and oxygen atoms in total. The molecule has 0 saturated carbocycles. The molecule has 0 N–H and O–H groups in total. The Labute approximate surface area is 189 Å². The summed E-state index contributed by atoms with van der Waals surface area (Å²) < 4.78 is 11.6. The highest BCUT2D eigenvalue weighted by molar-refractivity contribution is 8.00. The van der Waals surface area contributed by atoms with E-state index in [2.05, 4.69) is 11.0 Å². The Morgan fingerprint density at radius 3 is 2.58 bits per heavy atom. The van der Waals surface area contributed by atoms with Gasteiger partial charge in [0.15, 0.2) is 11.5 Å². The van der Waals surface area contributed by atoms with E-state index in [1.54, 1.807) is 18.9 Å². The number of likely N-dealkylation sites (tertiary alicyclic amines) is 1. The smallest absolute Gasteiger partial charge is 0.233 e. The molecule has 1 amide bonds. The summed E-state index contributed by atoms with van der Waals surface area (Å²) in [6.07, 6.45) is 4.99. The predicted octanol–water partition coefficient (Wildman–Crippen LogP) is 4.72. The van der Waals surface area contributed by atoms with Crippen molar-refractivity contribution in [3.05, 3.63) is 59.7 Å². The van der Waals surface area contributed by atoms with Gasteiger partial charge < -0.3 is 19.3 Å². The van der Waals surface area contributed by atoms with E-state index in [1.807, 2.05) is 47.4 Å². The molecular weight excluding hydrogens is 408 g/mol. The van der Waals surface area contributed by atoms with Crippen LogP contribution in [0.5, 0.6) is 11.5 Å². The molecule has 0 aliphatic carbocycles. The second kappa shape index (κ2) is 10.9. The SMILES string of the molecule is COc1cc(C2SCC(=O)N2CCCN2CCCCC2)ccc1OCc1ccccc1. The van der Waals surface area contributed by atoms with Crippen molar-refractivity contribution in [3.63, 3.8) is 0 Å². The molecule has 2 fully saturated rings. The third kappa shape index (κ3) is 5.74. The predicted molar refractivity (Wildman–Crippen MR) is 126 cm³/mol. The molecule has 2 heterocycles. The van der Waals surface area contributed by atoms with E-state index in [0.29, 0.717) is 18.1 Å². The van der Waals surface area contributed by atoms with Crippen molar-refractivity contribution in [1.29, 1.82) is 0 Å². The average Bonchev–Trinajstić information content (AvgIpc) is 3.19. The largest absolute Gasteiger partial charge is 0.493 e.